The third kappa shape index (κ3) is 3.37. The van der Waals surface area contributed by atoms with Crippen LogP contribution in [0.25, 0.3) is 0 Å². The molecular weight excluding hydrogens is 250 g/mol. The quantitative estimate of drug-likeness (QED) is 0.901. The molecule has 0 aromatic carbocycles. The number of aromatic nitrogens is 1. The minimum atomic E-state index is 0.0378. The molecule has 0 atom stereocenters. The first kappa shape index (κ1) is 15.0. The van der Waals surface area contributed by atoms with Gasteiger partial charge in [0.1, 0.15) is 0 Å². The average molecular weight is 275 g/mol. The Labute approximate surface area is 121 Å². The van der Waals surface area contributed by atoms with Crippen molar-refractivity contribution in [1.82, 2.24) is 10.3 Å². The summed E-state index contributed by atoms with van der Waals surface area (Å²) in [4.78, 5) is 18.7. The number of rotatable bonds is 2. The number of anilines is 1. The monoisotopic (exact) mass is 275 g/mol. The normalized spacial score (nSPS) is 17.0. The van der Waals surface area contributed by atoms with Crippen LogP contribution < -0.4 is 10.2 Å². The maximum atomic E-state index is 12.5. The summed E-state index contributed by atoms with van der Waals surface area (Å²) in [6.45, 7) is 8.29. The van der Waals surface area contributed by atoms with Gasteiger partial charge < -0.3 is 10.2 Å². The van der Waals surface area contributed by atoms with Gasteiger partial charge in [0, 0.05) is 24.1 Å². The molecule has 1 saturated heterocycles. The second kappa shape index (κ2) is 5.92. The Morgan fingerprint density at radius 1 is 1.30 bits per heavy atom. The molecular formula is C16H25N3O. The summed E-state index contributed by atoms with van der Waals surface area (Å²) in [7, 11) is 1.85. The first-order valence-electron chi connectivity index (χ1n) is 7.34. The van der Waals surface area contributed by atoms with Crippen LogP contribution in [0.4, 0.5) is 5.69 Å². The van der Waals surface area contributed by atoms with E-state index >= 15 is 0 Å². The second-order valence-corrected chi connectivity index (χ2v) is 6.57. The minimum Gasteiger partial charge on any atom is -0.317 e. The van der Waals surface area contributed by atoms with Gasteiger partial charge in [0.05, 0.1) is 11.9 Å². The standard InChI is InChI=1S/C16H25N3O/c1-16(2,3)14-6-5-13(11-18-14)19(4)15(20)12-7-9-17-10-8-12/h5-6,11-12,17H,7-10H2,1-4H3. The molecule has 4 heteroatoms. The van der Waals surface area contributed by atoms with Crippen molar-refractivity contribution in [3.05, 3.63) is 24.0 Å². The van der Waals surface area contributed by atoms with Crippen molar-refractivity contribution in [3.8, 4) is 0 Å². The lowest BCUT2D eigenvalue weighted by Crippen LogP contribution is -2.39. The van der Waals surface area contributed by atoms with Crippen molar-refractivity contribution in [2.75, 3.05) is 25.0 Å². The van der Waals surface area contributed by atoms with Gasteiger partial charge in [0.2, 0.25) is 5.91 Å². The van der Waals surface area contributed by atoms with E-state index in [4.69, 9.17) is 0 Å². The molecule has 0 unspecified atom stereocenters. The van der Waals surface area contributed by atoms with Gasteiger partial charge in [-0.05, 0) is 38.1 Å². The second-order valence-electron chi connectivity index (χ2n) is 6.57. The van der Waals surface area contributed by atoms with Crippen molar-refractivity contribution >= 4 is 11.6 Å². The lowest BCUT2D eigenvalue weighted by molar-refractivity contribution is -0.122. The van der Waals surface area contributed by atoms with Crippen LogP contribution >= 0.6 is 0 Å². The van der Waals surface area contributed by atoms with E-state index in [1.165, 1.54) is 0 Å². The third-order valence-electron chi connectivity index (χ3n) is 3.92. The number of nitrogens with one attached hydrogen (secondary N) is 1. The zero-order valence-electron chi connectivity index (χ0n) is 12.9. The van der Waals surface area contributed by atoms with E-state index in [-0.39, 0.29) is 17.2 Å². The van der Waals surface area contributed by atoms with Gasteiger partial charge in [0.25, 0.3) is 0 Å². The Balaban J connectivity index is 2.08. The molecule has 1 N–H and O–H groups in total. The predicted octanol–water partition coefficient (Wildman–Crippen LogP) is 2.34. The highest BCUT2D eigenvalue weighted by Crippen LogP contribution is 2.23. The molecule has 0 aliphatic carbocycles. The van der Waals surface area contributed by atoms with Crippen molar-refractivity contribution < 1.29 is 4.79 Å². The highest BCUT2D eigenvalue weighted by Gasteiger charge is 2.25. The predicted molar refractivity (Wildman–Crippen MR) is 81.9 cm³/mol. The summed E-state index contributed by atoms with van der Waals surface area (Å²) in [5.74, 6) is 0.348. The van der Waals surface area contributed by atoms with Crippen LogP contribution in [0.5, 0.6) is 0 Å². The van der Waals surface area contributed by atoms with E-state index in [1.54, 1.807) is 11.1 Å². The number of carbonyl (C=O) groups is 1. The summed E-state index contributed by atoms with van der Waals surface area (Å²) in [5.41, 5.74) is 1.96. The number of piperidine rings is 1. The first-order chi connectivity index (χ1) is 9.39. The number of hydrogen-bond acceptors (Lipinski definition) is 3. The molecule has 4 nitrogen and oxygen atoms in total. The molecule has 0 saturated carbocycles. The van der Waals surface area contributed by atoms with E-state index < -0.39 is 0 Å². The number of amides is 1. The summed E-state index contributed by atoms with van der Waals surface area (Å²) in [5, 5.41) is 3.29. The molecule has 1 aliphatic rings. The Kier molecular flexibility index (Phi) is 4.43. The van der Waals surface area contributed by atoms with E-state index in [0.29, 0.717) is 0 Å². The van der Waals surface area contributed by atoms with Crippen molar-refractivity contribution in [1.29, 1.82) is 0 Å². The van der Waals surface area contributed by atoms with E-state index in [0.717, 1.165) is 37.3 Å². The number of hydrogen-bond donors (Lipinski definition) is 1. The van der Waals surface area contributed by atoms with Crippen LogP contribution in [0.3, 0.4) is 0 Å². The lowest BCUT2D eigenvalue weighted by Gasteiger charge is -2.27. The Bertz CT molecular complexity index is 456. The zero-order chi connectivity index (χ0) is 14.8. The van der Waals surface area contributed by atoms with Crippen LogP contribution in [-0.4, -0.2) is 31.0 Å². The van der Waals surface area contributed by atoms with Gasteiger partial charge >= 0.3 is 0 Å². The molecule has 1 aliphatic heterocycles. The van der Waals surface area contributed by atoms with E-state index in [9.17, 15) is 4.79 Å². The summed E-state index contributed by atoms with van der Waals surface area (Å²) in [6.07, 6.45) is 3.66. The van der Waals surface area contributed by atoms with Gasteiger partial charge in [0.15, 0.2) is 0 Å². The molecule has 110 valence electrons. The maximum absolute atomic E-state index is 12.5. The van der Waals surface area contributed by atoms with Crippen LogP contribution in [0.1, 0.15) is 39.3 Å². The molecule has 2 heterocycles. The fraction of sp³-hybridized carbons (Fsp3) is 0.625. The smallest absolute Gasteiger partial charge is 0.229 e. The Morgan fingerprint density at radius 2 is 1.95 bits per heavy atom. The van der Waals surface area contributed by atoms with Crippen molar-refractivity contribution in [2.24, 2.45) is 5.92 Å². The highest BCUT2D eigenvalue weighted by molar-refractivity contribution is 5.94. The van der Waals surface area contributed by atoms with E-state index in [2.05, 4.69) is 31.1 Å². The first-order valence-corrected chi connectivity index (χ1v) is 7.34. The van der Waals surface area contributed by atoms with Crippen molar-refractivity contribution in [3.63, 3.8) is 0 Å². The third-order valence-corrected chi connectivity index (χ3v) is 3.92. The molecule has 1 aromatic rings. The molecule has 0 spiro atoms. The largest absolute Gasteiger partial charge is 0.317 e. The van der Waals surface area contributed by atoms with Gasteiger partial charge in [-0.2, -0.15) is 0 Å². The Hall–Kier alpha value is -1.42. The fourth-order valence-electron chi connectivity index (χ4n) is 2.50. The highest BCUT2D eigenvalue weighted by atomic mass is 16.2. The maximum Gasteiger partial charge on any atom is 0.229 e. The zero-order valence-corrected chi connectivity index (χ0v) is 12.9. The summed E-state index contributed by atoms with van der Waals surface area (Å²) in [6, 6.07) is 4.01. The minimum absolute atomic E-state index is 0.0378. The lowest BCUT2D eigenvalue weighted by atomic mass is 9.91. The SMILES string of the molecule is CN(C(=O)C1CCNCC1)c1ccc(C(C)(C)C)nc1. The topological polar surface area (TPSA) is 45.2 Å². The fourth-order valence-corrected chi connectivity index (χ4v) is 2.50. The van der Waals surface area contributed by atoms with Crippen LogP contribution in [0, 0.1) is 5.92 Å². The summed E-state index contributed by atoms with van der Waals surface area (Å²) < 4.78 is 0. The average Bonchev–Trinajstić information content (AvgIpc) is 2.46. The molecule has 0 bridgehead atoms. The number of carbonyl (C=O) groups excluding carboxylic acids is 1. The van der Waals surface area contributed by atoms with Gasteiger partial charge in [-0.3, -0.25) is 9.78 Å². The van der Waals surface area contributed by atoms with Gasteiger partial charge in [-0.1, -0.05) is 20.8 Å². The molecule has 2 rings (SSSR count). The molecule has 0 radical (unpaired) electrons. The van der Waals surface area contributed by atoms with Crippen molar-refractivity contribution in [2.45, 2.75) is 39.0 Å². The van der Waals surface area contributed by atoms with Gasteiger partial charge in [-0.15, -0.1) is 0 Å². The number of pyridine rings is 1. The van der Waals surface area contributed by atoms with Gasteiger partial charge in [-0.25, -0.2) is 0 Å². The van der Waals surface area contributed by atoms with Crippen LogP contribution in [0.15, 0.2) is 18.3 Å². The molecule has 1 amide bonds. The molecule has 1 aromatic heterocycles. The molecule has 1 fully saturated rings. The Morgan fingerprint density at radius 3 is 2.45 bits per heavy atom. The van der Waals surface area contributed by atoms with E-state index in [1.807, 2.05) is 19.2 Å². The van der Waals surface area contributed by atoms with Crippen LogP contribution in [-0.2, 0) is 10.2 Å². The summed E-state index contributed by atoms with van der Waals surface area (Å²) >= 11 is 0. The molecule has 20 heavy (non-hydrogen) atoms. The van der Waals surface area contributed by atoms with Crippen LogP contribution in [0.2, 0.25) is 0 Å². The number of nitrogens with zero attached hydrogens (tertiary/aromatic N) is 2.